The van der Waals surface area contributed by atoms with Crippen molar-refractivity contribution in [2.75, 3.05) is 25.5 Å². The molecule has 3 aromatic rings. The highest BCUT2D eigenvalue weighted by Crippen LogP contribution is 2.29. The molecule has 0 spiro atoms. The third kappa shape index (κ3) is 5.50. The molecule has 3 N–H and O–H groups in total. The van der Waals surface area contributed by atoms with Crippen LogP contribution in [-0.4, -0.2) is 40.8 Å². The van der Waals surface area contributed by atoms with Gasteiger partial charge in [0, 0.05) is 31.3 Å². The molecule has 0 fully saturated rings. The van der Waals surface area contributed by atoms with Gasteiger partial charge in [0.15, 0.2) is 23.1 Å². The van der Waals surface area contributed by atoms with E-state index in [2.05, 4.69) is 15.6 Å². The Hall–Kier alpha value is -3.17. The van der Waals surface area contributed by atoms with Gasteiger partial charge in [-0.3, -0.25) is 9.36 Å². The van der Waals surface area contributed by atoms with Crippen molar-refractivity contribution < 1.29 is 23.4 Å². The van der Waals surface area contributed by atoms with Gasteiger partial charge in [-0.1, -0.05) is 23.7 Å². The summed E-state index contributed by atoms with van der Waals surface area (Å²) in [6.07, 6.45) is 0.393. The van der Waals surface area contributed by atoms with Gasteiger partial charge in [-0.05, 0) is 36.2 Å². The van der Waals surface area contributed by atoms with Crippen LogP contribution in [-0.2, 0) is 6.54 Å². The Labute approximate surface area is 182 Å². The Bertz CT molecular complexity index is 1060. The predicted molar refractivity (Wildman–Crippen MR) is 113 cm³/mol. The van der Waals surface area contributed by atoms with Crippen LogP contribution in [0.2, 0.25) is 5.02 Å². The molecule has 2 aromatic carbocycles. The highest BCUT2D eigenvalue weighted by molar-refractivity contribution is 6.30. The number of benzene rings is 2. The number of aliphatic hydroxyl groups is 1. The number of carbonyl (C=O) groups is 1. The average molecular weight is 451 g/mol. The molecule has 1 aromatic heterocycles. The minimum Gasteiger partial charge on any atom is -0.425 e. The fourth-order valence-corrected chi connectivity index (χ4v) is 2.97. The van der Waals surface area contributed by atoms with E-state index in [-0.39, 0.29) is 43.0 Å². The van der Waals surface area contributed by atoms with Crippen molar-refractivity contribution in [3.8, 4) is 11.8 Å². The van der Waals surface area contributed by atoms with E-state index in [9.17, 15) is 13.6 Å². The van der Waals surface area contributed by atoms with Crippen LogP contribution in [0.5, 0.6) is 11.8 Å². The Morgan fingerprint density at radius 3 is 2.58 bits per heavy atom. The smallest absolute Gasteiger partial charge is 0.304 e. The molecule has 1 amide bonds. The van der Waals surface area contributed by atoms with Gasteiger partial charge in [-0.15, -0.1) is 0 Å². The molecule has 0 aliphatic rings. The van der Waals surface area contributed by atoms with E-state index in [0.29, 0.717) is 11.4 Å². The van der Waals surface area contributed by atoms with Crippen LogP contribution in [0.4, 0.5) is 14.6 Å². The maximum atomic E-state index is 13.6. The summed E-state index contributed by atoms with van der Waals surface area (Å²) in [7, 11) is 1.60. The number of nitrogens with one attached hydrogen (secondary N) is 2. The first-order chi connectivity index (χ1) is 14.9. The van der Waals surface area contributed by atoms with Gasteiger partial charge in [-0.2, -0.15) is 4.98 Å². The number of nitrogens with zero attached hydrogens (tertiary/aromatic N) is 2. The Kier molecular flexibility index (Phi) is 7.43. The normalized spacial score (nSPS) is 10.7. The van der Waals surface area contributed by atoms with Crippen LogP contribution in [0.15, 0.2) is 42.5 Å². The summed E-state index contributed by atoms with van der Waals surface area (Å²) in [5.41, 5.74) is 0.997. The quantitative estimate of drug-likeness (QED) is 0.431. The fourth-order valence-electron chi connectivity index (χ4n) is 2.84. The molecule has 0 atom stereocenters. The maximum Gasteiger partial charge on any atom is 0.304 e. The van der Waals surface area contributed by atoms with Crippen LogP contribution < -0.4 is 15.4 Å². The summed E-state index contributed by atoms with van der Waals surface area (Å²) < 4.78 is 34.1. The van der Waals surface area contributed by atoms with Crippen LogP contribution in [0.1, 0.15) is 22.5 Å². The number of anilines is 1. The summed E-state index contributed by atoms with van der Waals surface area (Å²) >= 11 is 5.96. The first kappa shape index (κ1) is 22.5. The monoisotopic (exact) mass is 450 g/mol. The average Bonchev–Trinajstić information content (AvgIpc) is 3.09. The number of rotatable bonds is 9. The topological polar surface area (TPSA) is 88.4 Å². The predicted octanol–water partition coefficient (Wildman–Crippen LogP) is 3.81. The van der Waals surface area contributed by atoms with Crippen molar-refractivity contribution in [1.29, 1.82) is 0 Å². The Morgan fingerprint density at radius 2 is 1.94 bits per heavy atom. The summed E-state index contributed by atoms with van der Waals surface area (Å²) in [5.74, 6) is -2.23. The van der Waals surface area contributed by atoms with Crippen LogP contribution >= 0.6 is 11.6 Å². The molecule has 7 nitrogen and oxygen atoms in total. The summed E-state index contributed by atoms with van der Waals surface area (Å²) in [6, 6.07) is 10.1. The van der Waals surface area contributed by atoms with Crippen molar-refractivity contribution in [3.63, 3.8) is 0 Å². The highest BCUT2D eigenvalue weighted by Gasteiger charge is 2.24. The summed E-state index contributed by atoms with van der Waals surface area (Å²) in [5, 5.41) is 15.1. The number of hydrogen-bond donors (Lipinski definition) is 3. The largest absolute Gasteiger partial charge is 0.425 e. The third-order valence-corrected chi connectivity index (χ3v) is 4.61. The van der Waals surface area contributed by atoms with Gasteiger partial charge in [0.25, 0.3) is 5.91 Å². The van der Waals surface area contributed by atoms with E-state index < -0.39 is 17.5 Å². The molecule has 10 heteroatoms. The zero-order valence-corrected chi connectivity index (χ0v) is 17.4. The van der Waals surface area contributed by atoms with E-state index in [1.807, 2.05) is 0 Å². The molecule has 164 valence electrons. The van der Waals surface area contributed by atoms with E-state index in [1.54, 1.807) is 31.3 Å². The van der Waals surface area contributed by atoms with Crippen molar-refractivity contribution in [1.82, 2.24) is 14.9 Å². The van der Waals surface area contributed by atoms with Gasteiger partial charge < -0.3 is 20.5 Å². The minimum absolute atomic E-state index is 0.0117. The number of ether oxygens (including phenoxy) is 1. The second-order valence-electron chi connectivity index (χ2n) is 6.57. The number of halogens is 3. The van der Waals surface area contributed by atoms with Gasteiger partial charge in [0.05, 0.1) is 6.54 Å². The lowest BCUT2D eigenvalue weighted by atomic mass is 10.2. The standard InChI is InChI=1S/C21H21ClF2N4O3/c1-25-19-18(20(30)26-9-2-10-29)28(12-13-3-5-14(22)6-4-13)21(27-19)31-15-7-8-16(23)17(24)11-15/h3-8,11,25,29H,2,9-10,12H2,1H3,(H,26,30). The third-order valence-electron chi connectivity index (χ3n) is 4.36. The van der Waals surface area contributed by atoms with Crippen molar-refractivity contribution in [2.45, 2.75) is 13.0 Å². The van der Waals surface area contributed by atoms with E-state index in [1.165, 1.54) is 10.6 Å². The first-order valence-electron chi connectivity index (χ1n) is 9.47. The second kappa shape index (κ2) is 10.2. The highest BCUT2D eigenvalue weighted by atomic mass is 35.5. The second-order valence-corrected chi connectivity index (χ2v) is 7.00. The van der Waals surface area contributed by atoms with Crippen molar-refractivity contribution in [3.05, 3.63) is 70.4 Å². The molecular formula is C21H21ClF2N4O3. The SMILES string of the molecule is CNc1nc(Oc2ccc(F)c(F)c2)n(Cc2ccc(Cl)cc2)c1C(=O)NCCCO. The van der Waals surface area contributed by atoms with E-state index in [4.69, 9.17) is 21.4 Å². The van der Waals surface area contributed by atoms with Gasteiger partial charge in [-0.25, -0.2) is 8.78 Å². The molecule has 0 aliphatic heterocycles. The molecule has 0 bridgehead atoms. The Balaban J connectivity index is 2.02. The zero-order valence-electron chi connectivity index (χ0n) is 16.7. The van der Waals surface area contributed by atoms with Crippen LogP contribution in [0.25, 0.3) is 0 Å². The lowest BCUT2D eigenvalue weighted by Gasteiger charge is -2.13. The lowest BCUT2D eigenvalue weighted by Crippen LogP contribution is -2.28. The first-order valence-corrected chi connectivity index (χ1v) is 9.85. The number of hydrogen-bond acceptors (Lipinski definition) is 5. The molecule has 1 heterocycles. The van der Waals surface area contributed by atoms with E-state index in [0.717, 1.165) is 17.7 Å². The summed E-state index contributed by atoms with van der Waals surface area (Å²) in [4.78, 5) is 17.2. The summed E-state index contributed by atoms with van der Waals surface area (Å²) in [6.45, 7) is 0.408. The van der Waals surface area contributed by atoms with Gasteiger partial charge in [0.1, 0.15) is 5.75 Å². The van der Waals surface area contributed by atoms with Crippen molar-refractivity contribution >= 4 is 23.3 Å². The number of imidazole rings is 1. The molecule has 0 aliphatic carbocycles. The molecule has 0 unspecified atom stereocenters. The zero-order chi connectivity index (χ0) is 22.4. The number of carbonyl (C=O) groups excluding carboxylic acids is 1. The van der Waals surface area contributed by atoms with Crippen LogP contribution in [0.3, 0.4) is 0 Å². The maximum absolute atomic E-state index is 13.6. The number of aliphatic hydroxyl groups excluding tert-OH is 1. The Morgan fingerprint density at radius 1 is 1.19 bits per heavy atom. The number of aromatic nitrogens is 2. The van der Waals surface area contributed by atoms with Crippen LogP contribution in [0, 0.1) is 11.6 Å². The van der Waals surface area contributed by atoms with E-state index >= 15 is 0 Å². The molecule has 0 radical (unpaired) electrons. The molecule has 0 saturated heterocycles. The molecule has 3 rings (SSSR count). The van der Waals surface area contributed by atoms with Gasteiger partial charge >= 0.3 is 6.01 Å². The lowest BCUT2D eigenvalue weighted by molar-refractivity contribution is 0.0942. The molecule has 31 heavy (non-hydrogen) atoms. The molecular weight excluding hydrogens is 430 g/mol. The van der Waals surface area contributed by atoms with Gasteiger partial charge in [0.2, 0.25) is 0 Å². The number of amides is 1. The van der Waals surface area contributed by atoms with Crippen molar-refractivity contribution in [2.24, 2.45) is 0 Å². The molecule has 0 saturated carbocycles. The fraction of sp³-hybridized carbons (Fsp3) is 0.238. The minimum atomic E-state index is -1.07.